The molecule has 0 unspecified atom stereocenters. The van der Waals surface area contributed by atoms with E-state index in [0.717, 1.165) is 17.8 Å². The summed E-state index contributed by atoms with van der Waals surface area (Å²) in [6.07, 6.45) is 4.98. The quantitative estimate of drug-likeness (QED) is 0.570. The van der Waals surface area contributed by atoms with Crippen LogP contribution >= 0.6 is 11.6 Å². The van der Waals surface area contributed by atoms with Gasteiger partial charge < -0.3 is 0 Å². The number of rotatable bonds is 5. The maximum absolute atomic E-state index is 2.31. The fraction of sp³-hybridized carbons (Fsp3) is 1.00. The van der Waals surface area contributed by atoms with E-state index >= 15 is 0 Å². The van der Waals surface area contributed by atoms with Crippen LogP contribution in [-0.4, -0.2) is 12.2 Å². The summed E-state index contributed by atoms with van der Waals surface area (Å²) in [5.74, 6) is 2.59. The molecular weight excluding hydrogens is 151 g/mol. The smallest absolute Gasteiger partial charge is 0.209 e. The van der Waals surface area contributed by atoms with Gasteiger partial charge in [0.15, 0.2) is 0 Å². The summed E-state index contributed by atoms with van der Waals surface area (Å²) in [4.78, 5) is 0. The Kier molecular flexibility index (Phi) is 6.22. The second kappa shape index (κ2) is 5.99. The summed E-state index contributed by atoms with van der Waals surface area (Å²) in [6, 6.07) is 0. The number of hydrogen-bond donors (Lipinski definition) is 0. The molecule has 0 aliphatic carbocycles. The zero-order valence-electron chi connectivity index (χ0n) is 8.55. The Morgan fingerprint density at radius 3 is 1.55 bits per heavy atom. The normalized spacial score (nSPS) is 11.2. The van der Waals surface area contributed by atoms with Gasteiger partial charge in [0.25, 0.3) is 0 Å². The molecule has 0 aliphatic rings. The standard InChI is InChI=1S/C9H21BS/c1-8(2)6-10(11-5)7-9(3)4/h8-9H,6-7H2,1-5H3. The van der Waals surface area contributed by atoms with Gasteiger partial charge in [0, 0.05) is 0 Å². The second-order valence-electron chi connectivity index (χ2n) is 4.12. The van der Waals surface area contributed by atoms with E-state index in [0.29, 0.717) is 0 Å². The predicted molar refractivity (Wildman–Crippen MR) is 58.6 cm³/mol. The maximum atomic E-state index is 2.31. The van der Waals surface area contributed by atoms with Crippen LogP contribution in [-0.2, 0) is 0 Å². The molecule has 0 fully saturated rings. The van der Waals surface area contributed by atoms with E-state index in [-0.39, 0.29) is 0 Å². The van der Waals surface area contributed by atoms with Crippen LogP contribution in [0, 0.1) is 11.8 Å². The number of hydrogen-bond acceptors (Lipinski definition) is 1. The zero-order valence-corrected chi connectivity index (χ0v) is 9.37. The SMILES string of the molecule is CSB(CC(C)C)CC(C)C. The van der Waals surface area contributed by atoms with E-state index in [9.17, 15) is 0 Å². The van der Waals surface area contributed by atoms with E-state index in [1.54, 1.807) is 0 Å². The Labute approximate surface area is 76.5 Å². The van der Waals surface area contributed by atoms with E-state index in [4.69, 9.17) is 0 Å². The van der Waals surface area contributed by atoms with Crippen LogP contribution in [0.2, 0.25) is 12.6 Å². The van der Waals surface area contributed by atoms with Crippen molar-refractivity contribution in [3.8, 4) is 0 Å². The van der Waals surface area contributed by atoms with Crippen molar-refractivity contribution in [3.05, 3.63) is 0 Å². The first-order chi connectivity index (χ1) is 5.06. The monoisotopic (exact) mass is 172 g/mol. The summed E-state index contributed by atoms with van der Waals surface area (Å²) < 4.78 is 0. The van der Waals surface area contributed by atoms with Gasteiger partial charge >= 0.3 is 0 Å². The van der Waals surface area contributed by atoms with Crippen molar-refractivity contribution < 1.29 is 0 Å². The van der Waals surface area contributed by atoms with Crippen molar-refractivity contribution in [3.63, 3.8) is 0 Å². The van der Waals surface area contributed by atoms with Crippen molar-refractivity contribution in [1.29, 1.82) is 0 Å². The van der Waals surface area contributed by atoms with Crippen LogP contribution in [0.3, 0.4) is 0 Å². The van der Waals surface area contributed by atoms with E-state index < -0.39 is 0 Å². The van der Waals surface area contributed by atoms with Gasteiger partial charge in [-0.25, -0.2) is 11.6 Å². The largest absolute Gasteiger partial charge is 0.213 e. The highest BCUT2D eigenvalue weighted by Gasteiger charge is 2.15. The molecule has 0 bridgehead atoms. The maximum Gasteiger partial charge on any atom is 0.209 e. The molecule has 0 aromatic rings. The van der Waals surface area contributed by atoms with Gasteiger partial charge in [0.05, 0.1) is 0 Å². The molecule has 0 aromatic carbocycles. The molecule has 66 valence electrons. The van der Waals surface area contributed by atoms with Crippen LogP contribution in [0.15, 0.2) is 0 Å². The van der Waals surface area contributed by atoms with Crippen LogP contribution < -0.4 is 0 Å². The second-order valence-corrected chi connectivity index (χ2v) is 5.25. The van der Waals surface area contributed by atoms with Crippen LogP contribution in [0.25, 0.3) is 0 Å². The van der Waals surface area contributed by atoms with Crippen LogP contribution in [0.1, 0.15) is 27.7 Å². The molecule has 0 rings (SSSR count). The molecular formula is C9H21BS. The Morgan fingerprint density at radius 2 is 1.36 bits per heavy atom. The summed E-state index contributed by atoms with van der Waals surface area (Å²) in [7, 11) is 0. The average Bonchev–Trinajstić information content (AvgIpc) is 1.84. The highest BCUT2D eigenvalue weighted by atomic mass is 32.2. The highest BCUT2D eigenvalue weighted by Crippen LogP contribution is 2.21. The first-order valence-electron chi connectivity index (χ1n) is 4.59. The molecule has 11 heavy (non-hydrogen) atoms. The molecule has 0 spiro atoms. The Hall–Kier alpha value is 0.415. The lowest BCUT2D eigenvalue weighted by atomic mass is 9.62. The molecule has 0 atom stereocenters. The van der Waals surface area contributed by atoms with Gasteiger partial charge in [0.1, 0.15) is 0 Å². The third-order valence-electron chi connectivity index (χ3n) is 1.80. The molecule has 0 heterocycles. The van der Waals surface area contributed by atoms with Gasteiger partial charge in [-0.15, -0.1) is 0 Å². The topological polar surface area (TPSA) is 0 Å². The van der Waals surface area contributed by atoms with Crippen molar-refractivity contribution in [1.82, 2.24) is 0 Å². The van der Waals surface area contributed by atoms with Crippen molar-refractivity contribution in [2.75, 3.05) is 6.26 Å². The summed E-state index contributed by atoms with van der Waals surface area (Å²) >= 11 is 2.03. The highest BCUT2D eigenvalue weighted by molar-refractivity contribution is 8.25. The van der Waals surface area contributed by atoms with Gasteiger partial charge in [-0.1, -0.05) is 52.2 Å². The van der Waals surface area contributed by atoms with E-state index in [2.05, 4.69) is 34.0 Å². The van der Waals surface area contributed by atoms with Gasteiger partial charge in [-0.3, -0.25) is 0 Å². The van der Waals surface area contributed by atoms with Crippen molar-refractivity contribution in [2.45, 2.75) is 40.3 Å². The van der Waals surface area contributed by atoms with Crippen molar-refractivity contribution >= 4 is 17.6 Å². The Morgan fingerprint density at radius 1 is 1.00 bits per heavy atom. The van der Waals surface area contributed by atoms with Gasteiger partial charge in [-0.2, -0.15) is 0 Å². The third-order valence-corrected chi connectivity index (χ3v) is 2.85. The lowest BCUT2D eigenvalue weighted by Gasteiger charge is -2.14. The molecule has 0 aliphatic heterocycles. The third kappa shape index (κ3) is 6.80. The first kappa shape index (κ1) is 11.4. The minimum absolute atomic E-state index is 0.853. The summed E-state index contributed by atoms with van der Waals surface area (Å²) in [6.45, 7) is 9.24. The Bertz CT molecular complexity index is 81.6. The molecule has 0 aromatic heterocycles. The molecule has 0 saturated heterocycles. The predicted octanol–water partition coefficient (Wildman–Crippen LogP) is 3.65. The van der Waals surface area contributed by atoms with E-state index in [1.807, 2.05) is 11.6 Å². The first-order valence-corrected chi connectivity index (χ1v) is 5.87. The van der Waals surface area contributed by atoms with Crippen molar-refractivity contribution in [2.24, 2.45) is 11.8 Å². The minimum atomic E-state index is 0.853. The molecule has 0 N–H and O–H groups in total. The molecule has 0 amide bonds. The molecule has 0 radical (unpaired) electrons. The fourth-order valence-corrected chi connectivity index (χ4v) is 2.49. The van der Waals surface area contributed by atoms with Crippen LogP contribution in [0.4, 0.5) is 0 Å². The zero-order chi connectivity index (χ0) is 8.85. The molecule has 2 heteroatoms. The average molecular weight is 172 g/mol. The molecule has 0 saturated carbocycles. The minimum Gasteiger partial charge on any atom is -0.213 e. The lowest BCUT2D eigenvalue weighted by molar-refractivity contribution is 0.698. The van der Waals surface area contributed by atoms with Gasteiger partial charge in [-0.05, 0) is 6.26 Å². The molecule has 0 nitrogen and oxygen atoms in total. The Balaban J connectivity index is 3.58. The fourth-order valence-electron chi connectivity index (χ4n) is 1.34. The summed E-state index contributed by atoms with van der Waals surface area (Å²) in [5, 5.41) is 0. The lowest BCUT2D eigenvalue weighted by Crippen LogP contribution is -2.12. The van der Waals surface area contributed by atoms with E-state index in [1.165, 1.54) is 12.6 Å². The van der Waals surface area contributed by atoms with Gasteiger partial charge in [0.2, 0.25) is 5.99 Å². The summed E-state index contributed by atoms with van der Waals surface area (Å²) in [5.41, 5.74) is 0. The van der Waals surface area contributed by atoms with Crippen LogP contribution in [0.5, 0.6) is 0 Å².